The fourth-order valence-corrected chi connectivity index (χ4v) is 3.17. The smallest absolute Gasteiger partial charge is 0.489 e. The van der Waals surface area contributed by atoms with Gasteiger partial charge in [-0.15, -0.1) is 13.2 Å². The van der Waals surface area contributed by atoms with Crippen LogP contribution in [-0.2, 0) is 0 Å². The molecule has 0 radical (unpaired) electrons. The van der Waals surface area contributed by atoms with E-state index >= 15 is 0 Å². The minimum absolute atomic E-state index is 0.0192. The molecule has 0 amide bonds. The quantitative estimate of drug-likeness (QED) is 0.700. The van der Waals surface area contributed by atoms with Crippen molar-refractivity contribution in [2.24, 2.45) is 5.41 Å². The van der Waals surface area contributed by atoms with E-state index in [0.717, 1.165) is 31.0 Å². The van der Waals surface area contributed by atoms with Gasteiger partial charge in [0.15, 0.2) is 11.5 Å². The number of hydrogen-bond acceptors (Lipinski definition) is 2. The Morgan fingerprint density at radius 2 is 1.70 bits per heavy atom. The first kappa shape index (κ1) is 15.5. The highest BCUT2D eigenvalue weighted by atomic mass is 79.9. The molecule has 1 aromatic rings. The molecule has 0 N–H and O–H groups in total. The van der Waals surface area contributed by atoms with E-state index in [9.17, 15) is 13.2 Å². The zero-order chi connectivity index (χ0) is 14.6. The molecule has 0 spiro atoms. The standard InChI is InChI=1S/C14H16BrF3O2/c15-9-13(7-3-4-8-13)10-19-11-5-1-2-6-12(11)20-14(16,17)18/h1-2,5-6H,3-4,7-10H2. The lowest BCUT2D eigenvalue weighted by atomic mass is 9.90. The monoisotopic (exact) mass is 352 g/mol. The molecule has 1 aliphatic carbocycles. The van der Waals surface area contributed by atoms with Gasteiger partial charge in [0.05, 0.1) is 6.61 Å². The van der Waals surface area contributed by atoms with E-state index < -0.39 is 6.36 Å². The largest absolute Gasteiger partial charge is 0.573 e. The van der Waals surface area contributed by atoms with Crippen molar-refractivity contribution in [3.05, 3.63) is 24.3 Å². The van der Waals surface area contributed by atoms with Gasteiger partial charge in [-0.1, -0.05) is 40.9 Å². The molecule has 0 bridgehead atoms. The Labute approximate surface area is 124 Å². The van der Waals surface area contributed by atoms with Crippen LogP contribution in [0.2, 0.25) is 0 Å². The molecular weight excluding hydrogens is 337 g/mol. The maximum Gasteiger partial charge on any atom is 0.573 e. The predicted molar refractivity (Wildman–Crippen MR) is 73.3 cm³/mol. The SMILES string of the molecule is FC(F)(F)Oc1ccccc1OCC1(CBr)CCCC1. The molecule has 2 rings (SSSR count). The molecule has 0 atom stereocenters. The molecule has 6 heteroatoms. The van der Waals surface area contributed by atoms with Gasteiger partial charge in [0, 0.05) is 10.7 Å². The van der Waals surface area contributed by atoms with Gasteiger partial charge in [0.2, 0.25) is 0 Å². The van der Waals surface area contributed by atoms with Crippen LogP contribution in [0.15, 0.2) is 24.3 Å². The van der Waals surface area contributed by atoms with Crippen molar-refractivity contribution >= 4 is 15.9 Å². The Morgan fingerprint density at radius 3 is 2.25 bits per heavy atom. The number of benzene rings is 1. The molecule has 1 aliphatic rings. The number of hydrogen-bond donors (Lipinski definition) is 0. The Balaban J connectivity index is 2.05. The van der Waals surface area contributed by atoms with Crippen molar-refractivity contribution in [3.8, 4) is 11.5 Å². The second kappa shape index (κ2) is 6.24. The number of alkyl halides is 4. The Bertz CT molecular complexity index is 442. The Morgan fingerprint density at radius 1 is 1.10 bits per heavy atom. The average Bonchev–Trinajstić information content (AvgIpc) is 2.85. The lowest BCUT2D eigenvalue weighted by Gasteiger charge is -2.27. The van der Waals surface area contributed by atoms with Crippen molar-refractivity contribution in [3.63, 3.8) is 0 Å². The van der Waals surface area contributed by atoms with Crippen LogP contribution in [0.3, 0.4) is 0 Å². The predicted octanol–water partition coefficient (Wildman–Crippen LogP) is 4.92. The molecule has 1 aromatic carbocycles. The van der Waals surface area contributed by atoms with Crippen LogP contribution in [0.1, 0.15) is 25.7 Å². The van der Waals surface area contributed by atoms with E-state index in [-0.39, 0.29) is 16.9 Å². The molecule has 0 saturated heterocycles. The number of ether oxygens (including phenoxy) is 2. The molecule has 0 heterocycles. The number of halogens is 4. The molecule has 20 heavy (non-hydrogen) atoms. The molecular formula is C14H16BrF3O2. The third-order valence-electron chi connectivity index (χ3n) is 3.56. The highest BCUT2D eigenvalue weighted by molar-refractivity contribution is 9.09. The van der Waals surface area contributed by atoms with Gasteiger partial charge in [0.1, 0.15) is 0 Å². The summed E-state index contributed by atoms with van der Waals surface area (Å²) in [5.41, 5.74) is 0.0192. The van der Waals surface area contributed by atoms with Crippen molar-refractivity contribution in [2.45, 2.75) is 32.0 Å². The average molecular weight is 353 g/mol. The van der Waals surface area contributed by atoms with Crippen LogP contribution >= 0.6 is 15.9 Å². The third kappa shape index (κ3) is 4.04. The summed E-state index contributed by atoms with van der Waals surface area (Å²) in [5.74, 6) is -0.153. The molecule has 0 aromatic heterocycles. The third-order valence-corrected chi connectivity index (χ3v) is 4.75. The first-order valence-electron chi connectivity index (χ1n) is 6.48. The lowest BCUT2D eigenvalue weighted by molar-refractivity contribution is -0.275. The van der Waals surface area contributed by atoms with Crippen LogP contribution < -0.4 is 9.47 Å². The highest BCUT2D eigenvalue weighted by Gasteiger charge is 2.35. The highest BCUT2D eigenvalue weighted by Crippen LogP contribution is 2.41. The van der Waals surface area contributed by atoms with E-state index in [1.807, 2.05) is 0 Å². The van der Waals surface area contributed by atoms with Crippen molar-refractivity contribution in [1.82, 2.24) is 0 Å². The van der Waals surface area contributed by atoms with Gasteiger partial charge in [-0.05, 0) is 25.0 Å². The molecule has 1 saturated carbocycles. The van der Waals surface area contributed by atoms with Crippen LogP contribution in [-0.4, -0.2) is 18.3 Å². The van der Waals surface area contributed by atoms with Crippen LogP contribution in [0.25, 0.3) is 0 Å². The summed E-state index contributed by atoms with van der Waals surface area (Å²) in [6.45, 7) is 0.399. The number of rotatable bonds is 5. The van der Waals surface area contributed by atoms with Gasteiger partial charge < -0.3 is 9.47 Å². The molecule has 0 unspecified atom stereocenters. The topological polar surface area (TPSA) is 18.5 Å². The summed E-state index contributed by atoms with van der Waals surface area (Å²) in [4.78, 5) is 0. The van der Waals surface area contributed by atoms with E-state index in [1.54, 1.807) is 6.07 Å². The summed E-state index contributed by atoms with van der Waals surface area (Å²) in [6.07, 6.45) is -0.383. The van der Waals surface area contributed by atoms with Crippen LogP contribution in [0.4, 0.5) is 13.2 Å². The minimum atomic E-state index is -4.71. The second-order valence-corrected chi connectivity index (χ2v) is 5.68. The van der Waals surface area contributed by atoms with Crippen molar-refractivity contribution < 1.29 is 22.6 Å². The maximum atomic E-state index is 12.3. The molecule has 1 fully saturated rings. The van der Waals surface area contributed by atoms with Crippen molar-refractivity contribution in [2.75, 3.05) is 11.9 Å². The zero-order valence-electron chi connectivity index (χ0n) is 10.9. The fourth-order valence-electron chi connectivity index (χ4n) is 2.45. The van der Waals surface area contributed by atoms with E-state index in [4.69, 9.17) is 4.74 Å². The summed E-state index contributed by atoms with van der Waals surface area (Å²) >= 11 is 3.48. The lowest BCUT2D eigenvalue weighted by Crippen LogP contribution is -2.27. The maximum absolute atomic E-state index is 12.3. The molecule has 0 aliphatic heterocycles. The van der Waals surface area contributed by atoms with Gasteiger partial charge in [-0.2, -0.15) is 0 Å². The summed E-state index contributed by atoms with van der Waals surface area (Å²) < 4.78 is 46.5. The zero-order valence-corrected chi connectivity index (χ0v) is 12.5. The van der Waals surface area contributed by atoms with Gasteiger partial charge in [-0.3, -0.25) is 0 Å². The van der Waals surface area contributed by atoms with Gasteiger partial charge >= 0.3 is 6.36 Å². The Hall–Kier alpha value is -0.910. The van der Waals surface area contributed by atoms with Crippen LogP contribution in [0, 0.1) is 5.41 Å². The van der Waals surface area contributed by atoms with Gasteiger partial charge in [-0.25, -0.2) is 0 Å². The van der Waals surface area contributed by atoms with Crippen molar-refractivity contribution in [1.29, 1.82) is 0 Å². The second-order valence-electron chi connectivity index (χ2n) is 5.12. The van der Waals surface area contributed by atoms with Gasteiger partial charge in [0.25, 0.3) is 0 Å². The normalized spacial score (nSPS) is 18.0. The summed E-state index contributed by atoms with van der Waals surface area (Å²) in [7, 11) is 0. The summed E-state index contributed by atoms with van der Waals surface area (Å²) in [6, 6.07) is 5.88. The first-order chi connectivity index (χ1) is 9.44. The van der Waals surface area contributed by atoms with E-state index in [1.165, 1.54) is 18.2 Å². The first-order valence-corrected chi connectivity index (χ1v) is 7.60. The molecule has 112 valence electrons. The molecule has 2 nitrogen and oxygen atoms in total. The Kier molecular flexibility index (Phi) is 4.83. The fraction of sp³-hybridized carbons (Fsp3) is 0.571. The van der Waals surface area contributed by atoms with E-state index in [2.05, 4.69) is 20.7 Å². The number of para-hydroxylation sites is 2. The van der Waals surface area contributed by atoms with E-state index in [0.29, 0.717) is 6.61 Å². The summed E-state index contributed by atoms with van der Waals surface area (Å²) in [5, 5.41) is 0.794. The van der Waals surface area contributed by atoms with Crippen LogP contribution in [0.5, 0.6) is 11.5 Å². The minimum Gasteiger partial charge on any atom is -0.489 e.